The first-order valence-corrected chi connectivity index (χ1v) is 8.36. The normalized spacial score (nSPS) is 8.53. The number of aliphatic carboxylic acids is 2. The number of carboxylic acids is 2. The van der Waals surface area contributed by atoms with Crippen LogP contribution >= 0.6 is 0 Å². The van der Waals surface area contributed by atoms with Gasteiger partial charge in [-0.1, -0.05) is 0 Å². The van der Waals surface area contributed by atoms with Gasteiger partial charge in [0.2, 0.25) is 0 Å². The fourth-order valence-electron chi connectivity index (χ4n) is 0.469. The van der Waals surface area contributed by atoms with E-state index in [1.54, 1.807) is 0 Å². The van der Waals surface area contributed by atoms with Gasteiger partial charge in [0.05, 0.1) is 0 Å². The van der Waals surface area contributed by atoms with E-state index in [2.05, 4.69) is 0 Å². The van der Waals surface area contributed by atoms with Crippen LogP contribution < -0.4 is 0 Å². The second-order valence-electron chi connectivity index (χ2n) is 2.18. The van der Waals surface area contributed by atoms with Gasteiger partial charge in [0.15, 0.2) is 0 Å². The van der Waals surface area contributed by atoms with Gasteiger partial charge in [0, 0.05) is 0 Å². The number of carbonyl (C=O) groups is 2. The molecule has 0 unspecified atom stereocenters. The van der Waals surface area contributed by atoms with Crippen molar-refractivity contribution in [3.8, 4) is 0 Å². The standard InChI is InChI=1S/C6H10Ge2O5.2H2O/c9-5(10)1-3-7-13-8-4-2-6(11)12;;/h1-4H2,(H,9,10)(H,11,12);2*1H2. The summed E-state index contributed by atoms with van der Waals surface area (Å²) in [6, 6.07) is 0. The minimum atomic E-state index is -0.794. The van der Waals surface area contributed by atoms with Gasteiger partial charge in [0.1, 0.15) is 0 Å². The topological polar surface area (TPSA) is 147 Å². The second-order valence-corrected chi connectivity index (χ2v) is 8.14. The Hall–Kier alpha value is -0.0943. The quantitative estimate of drug-likeness (QED) is 0.401. The van der Waals surface area contributed by atoms with E-state index in [0.29, 0.717) is 10.5 Å². The molecule has 0 saturated carbocycles. The van der Waals surface area contributed by atoms with Gasteiger partial charge >= 0.3 is 89.4 Å². The molecular weight excluding hydrogens is 329 g/mol. The summed E-state index contributed by atoms with van der Waals surface area (Å²) >= 11 is -1.16. The van der Waals surface area contributed by atoms with E-state index < -0.39 is 43.5 Å². The molecule has 0 saturated heterocycles. The predicted octanol–water partition coefficient (Wildman–Crippen LogP) is -1.62. The van der Waals surface area contributed by atoms with Gasteiger partial charge in [-0.3, -0.25) is 0 Å². The van der Waals surface area contributed by atoms with E-state index in [4.69, 9.17) is 13.0 Å². The van der Waals surface area contributed by atoms with Crippen molar-refractivity contribution in [3.05, 3.63) is 0 Å². The van der Waals surface area contributed by atoms with E-state index in [0.717, 1.165) is 0 Å². The Morgan fingerprint density at radius 1 is 0.933 bits per heavy atom. The fourth-order valence-corrected chi connectivity index (χ4v) is 5.78. The van der Waals surface area contributed by atoms with Gasteiger partial charge < -0.3 is 11.0 Å². The summed E-state index contributed by atoms with van der Waals surface area (Å²) in [4.78, 5) is 20.1. The van der Waals surface area contributed by atoms with Crippen LogP contribution in [0.3, 0.4) is 0 Å². The molecule has 0 aliphatic heterocycles. The maximum absolute atomic E-state index is 10.1. The molecule has 0 spiro atoms. The molecule has 0 aromatic carbocycles. The molecule has 7 nitrogen and oxygen atoms in total. The van der Waals surface area contributed by atoms with E-state index >= 15 is 0 Å². The zero-order chi connectivity index (χ0) is 10.1. The summed E-state index contributed by atoms with van der Waals surface area (Å²) in [5, 5.41) is 17.8. The minimum absolute atomic E-state index is 0. The monoisotopic (exact) mass is 346 g/mol. The average molecular weight is 343 g/mol. The molecule has 0 aliphatic rings. The zero-order valence-electron chi connectivity index (χ0n) is 7.95. The number of carboxylic acid groups (broad SMARTS) is 2. The van der Waals surface area contributed by atoms with Gasteiger partial charge in [-0.2, -0.15) is 0 Å². The van der Waals surface area contributed by atoms with Gasteiger partial charge in [-0.15, -0.1) is 0 Å². The zero-order valence-corrected chi connectivity index (χ0v) is 12.1. The predicted molar refractivity (Wildman–Crippen MR) is 53.9 cm³/mol. The summed E-state index contributed by atoms with van der Waals surface area (Å²) in [5.74, 6) is -1.59. The van der Waals surface area contributed by atoms with Crippen LogP contribution in [0.5, 0.6) is 0 Å². The van der Waals surface area contributed by atoms with E-state index in [9.17, 15) is 9.59 Å². The molecule has 0 amide bonds. The molecule has 9 heteroatoms. The summed E-state index contributed by atoms with van der Waals surface area (Å²) < 4.78 is 5.26. The van der Waals surface area contributed by atoms with E-state index in [1.165, 1.54) is 0 Å². The van der Waals surface area contributed by atoms with Crippen LogP contribution in [0.15, 0.2) is 0 Å². The molecular formula is C6H14Ge2O7. The molecule has 0 aliphatic carbocycles. The van der Waals surface area contributed by atoms with Crippen molar-refractivity contribution in [1.82, 2.24) is 0 Å². The second kappa shape index (κ2) is 13.9. The van der Waals surface area contributed by atoms with Gasteiger partial charge in [0.25, 0.3) is 0 Å². The Labute approximate surface area is 100 Å². The molecule has 0 heterocycles. The third-order valence-electron chi connectivity index (χ3n) is 1.03. The van der Waals surface area contributed by atoms with Crippen LogP contribution in [0, 0.1) is 0 Å². The van der Waals surface area contributed by atoms with E-state index in [-0.39, 0.29) is 23.8 Å². The van der Waals surface area contributed by atoms with Crippen LogP contribution in [-0.4, -0.2) is 64.6 Å². The maximum atomic E-state index is 10.1. The first-order valence-electron chi connectivity index (χ1n) is 3.68. The number of hydrogen-bond acceptors (Lipinski definition) is 3. The fraction of sp³-hybridized carbons (Fsp3) is 0.667. The molecule has 88 valence electrons. The van der Waals surface area contributed by atoms with Crippen molar-refractivity contribution in [1.29, 1.82) is 0 Å². The molecule has 0 aromatic heterocycles. The Bertz CT molecular complexity index is 157. The van der Waals surface area contributed by atoms with Crippen LogP contribution in [0.4, 0.5) is 0 Å². The third kappa shape index (κ3) is 20.1. The van der Waals surface area contributed by atoms with Crippen molar-refractivity contribution in [2.24, 2.45) is 0 Å². The van der Waals surface area contributed by atoms with Crippen LogP contribution in [-0.2, 0) is 12.4 Å². The summed E-state index contributed by atoms with van der Waals surface area (Å²) in [7, 11) is 0. The van der Waals surface area contributed by atoms with Crippen molar-refractivity contribution in [2.45, 2.75) is 23.3 Å². The van der Waals surface area contributed by atoms with Crippen molar-refractivity contribution >= 4 is 43.5 Å². The Kier molecular flexibility index (Phi) is 18.9. The molecule has 0 aromatic rings. The summed E-state index contributed by atoms with van der Waals surface area (Å²) in [6.07, 6.45) is 0.343. The van der Waals surface area contributed by atoms with E-state index in [1.807, 2.05) is 0 Å². The molecule has 4 radical (unpaired) electrons. The average Bonchev–Trinajstić information content (AvgIpc) is 2.01. The van der Waals surface area contributed by atoms with Gasteiger partial charge in [-0.05, 0) is 0 Å². The molecule has 0 fully saturated rings. The Morgan fingerprint density at radius 2 is 1.27 bits per heavy atom. The van der Waals surface area contributed by atoms with Crippen molar-refractivity contribution in [3.63, 3.8) is 0 Å². The first kappa shape index (κ1) is 20.3. The summed E-state index contributed by atoms with van der Waals surface area (Å²) in [6.45, 7) is 0. The van der Waals surface area contributed by atoms with Crippen LogP contribution in [0.2, 0.25) is 10.5 Å². The van der Waals surface area contributed by atoms with Crippen LogP contribution in [0.1, 0.15) is 12.8 Å². The SMILES string of the molecule is O.O.O=C(O)C[CH2][Ge][O][Ge][CH2]CC(=O)O. The first-order chi connectivity index (χ1) is 6.13. The third-order valence-corrected chi connectivity index (χ3v) is 6.68. The molecule has 15 heavy (non-hydrogen) atoms. The van der Waals surface area contributed by atoms with Crippen LogP contribution in [0.25, 0.3) is 0 Å². The van der Waals surface area contributed by atoms with Crippen molar-refractivity contribution in [2.75, 3.05) is 0 Å². The number of rotatable bonds is 8. The molecule has 0 rings (SSSR count). The Balaban J connectivity index is -0.000000720. The summed E-state index contributed by atoms with van der Waals surface area (Å²) in [5.41, 5.74) is 0. The molecule has 0 bridgehead atoms. The van der Waals surface area contributed by atoms with Crippen molar-refractivity contribution < 1.29 is 33.5 Å². The molecule has 0 atom stereocenters. The molecule has 6 N–H and O–H groups in total. The number of hydrogen-bond donors (Lipinski definition) is 2. The van der Waals surface area contributed by atoms with Gasteiger partial charge in [-0.25, -0.2) is 0 Å². The Morgan fingerprint density at radius 3 is 1.53 bits per heavy atom.